The maximum absolute atomic E-state index is 12.1. The van der Waals surface area contributed by atoms with Crippen LogP contribution in [0.25, 0.3) is 0 Å². The molecule has 20 heavy (non-hydrogen) atoms. The van der Waals surface area contributed by atoms with Crippen LogP contribution in [-0.4, -0.2) is 27.9 Å². The number of thiocarbonyl (C=S) groups is 1. The van der Waals surface area contributed by atoms with Crippen LogP contribution in [0, 0.1) is 0 Å². The molecule has 106 valence electrons. The fourth-order valence-corrected chi connectivity index (χ4v) is 2.65. The number of carbonyl (C=O) groups excluding carboxylic acids is 2. The van der Waals surface area contributed by atoms with Crippen LogP contribution in [0.2, 0.25) is 0 Å². The second-order valence-electron chi connectivity index (χ2n) is 4.86. The predicted molar refractivity (Wildman–Crippen MR) is 81.2 cm³/mol. The fraction of sp³-hybridized carbons (Fsp3) is 0.357. The number of hydrogen-bond acceptors (Lipinski definition) is 3. The maximum Gasteiger partial charge on any atom is 0.251 e. The molecule has 2 amide bonds. The zero-order valence-corrected chi connectivity index (χ0v) is 12.5. The van der Waals surface area contributed by atoms with Crippen LogP contribution in [0.15, 0.2) is 24.3 Å². The Balaban J connectivity index is 2.25. The maximum atomic E-state index is 12.1. The molecule has 0 spiro atoms. The second-order valence-corrected chi connectivity index (χ2v) is 5.25. The van der Waals surface area contributed by atoms with Gasteiger partial charge in [0.15, 0.2) is 5.11 Å². The number of rotatable bonds is 3. The smallest absolute Gasteiger partial charge is 0.251 e. The van der Waals surface area contributed by atoms with Crippen molar-refractivity contribution in [1.82, 2.24) is 10.2 Å². The number of benzene rings is 1. The lowest BCUT2D eigenvalue weighted by Crippen LogP contribution is -2.33. The largest absolute Gasteiger partial charge is 0.351 e. The van der Waals surface area contributed by atoms with Gasteiger partial charge in [0, 0.05) is 12.6 Å². The molecule has 1 aromatic rings. The van der Waals surface area contributed by atoms with Crippen LogP contribution in [0.3, 0.4) is 0 Å². The summed E-state index contributed by atoms with van der Waals surface area (Å²) in [7, 11) is 0. The summed E-state index contributed by atoms with van der Waals surface area (Å²) in [6.45, 7) is 5.16. The van der Waals surface area contributed by atoms with Gasteiger partial charge in [-0.2, -0.15) is 0 Å². The molecule has 0 aliphatic carbocycles. The summed E-state index contributed by atoms with van der Waals surface area (Å²) in [6, 6.07) is 6.95. The lowest BCUT2D eigenvalue weighted by atomic mass is 10.1. The van der Waals surface area contributed by atoms with Gasteiger partial charge in [-0.25, -0.2) is 0 Å². The minimum atomic E-state index is -0.288. The van der Waals surface area contributed by atoms with E-state index in [9.17, 15) is 9.59 Å². The van der Waals surface area contributed by atoms with E-state index >= 15 is 0 Å². The molecule has 1 aliphatic heterocycles. The molecule has 0 aromatic heterocycles. The molecule has 6 heteroatoms. The highest BCUT2D eigenvalue weighted by Crippen LogP contribution is 2.26. The first-order chi connectivity index (χ1) is 9.40. The third-order valence-electron chi connectivity index (χ3n) is 3.24. The summed E-state index contributed by atoms with van der Waals surface area (Å²) < 4.78 is 0. The zero-order valence-electron chi connectivity index (χ0n) is 11.6. The van der Waals surface area contributed by atoms with E-state index in [1.54, 1.807) is 11.8 Å². The Morgan fingerprint density at radius 1 is 1.50 bits per heavy atom. The lowest BCUT2D eigenvalue weighted by molar-refractivity contribution is -0.128. The molecule has 1 aromatic carbocycles. The van der Waals surface area contributed by atoms with Crippen molar-refractivity contribution in [2.45, 2.75) is 32.9 Å². The molecule has 0 radical (unpaired) electrons. The summed E-state index contributed by atoms with van der Waals surface area (Å²) in [4.78, 5) is 24.8. The Hall–Kier alpha value is -1.95. The minimum Gasteiger partial charge on any atom is -0.351 e. The van der Waals surface area contributed by atoms with Crippen LogP contribution in [0.5, 0.6) is 0 Å². The number of hydrogen-bond donors (Lipinski definition) is 2. The van der Waals surface area contributed by atoms with Crippen molar-refractivity contribution in [3.8, 4) is 0 Å². The number of anilines is 1. The third-order valence-corrected chi connectivity index (χ3v) is 3.56. The van der Waals surface area contributed by atoms with E-state index in [1.165, 1.54) is 6.92 Å². The van der Waals surface area contributed by atoms with Gasteiger partial charge in [-0.05, 0) is 43.8 Å². The van der Waals surface area contributed by atoms with E-state index in [0.29, 0.717) is 10.8 Å². The topological polar surface area (TPSA) is 61.4 Å². The molecule has 2 N–H and O–H groups in total. The molecular formula is C14H17N3O2S. The molecule has 2 rings (SSSR count). The van der Waals surface area contributed by atoms with Crippen molar-refractivity contribution < 1.29 is 9.59 Å². The van der Waals surface area contributed by atoms with Gasteiger partial charge in [0.05, 0.1) is 6.04 Å². The lowest BCUT2D eigenvalue weighted by Gasteiger charge is -2.24. The van der Waals surface area contributed by atoms with E-state index in [1.807, 2.05) is 31.2 Å². The molecule has 0 unspecified atom stereocenters. The van der Waals surface area contributed by atoms with Gasteiger partial charge in [-0.15, -0.1) is 0 Å². The van der Waals surface area contributed by atoms with E-state index in [0.717, 1.165) is 5.56 Å². The van der Waals surface area contributed by atoms with Gasteiger partial charge < -0.3 is 10.6 Å². The molecule has 2 atom stereocenters. The van der Waals surface area contributed by atoms with Crippen LogP contribution < -0.4 is 10.6 Å². The Morgan fingerprint density at radius 3 is 2.75 bits per heavy atom. The van der Waals surface area contributed by atoms with Crippen molar-refractivity contribution in [2.75, 3.05) is 5.32 Å². The quantitative estimate of drug-likeness (QED) is 0.834. The van der Waals surface area contributed by atoms with Gasteiger partial charge in [-0.1, -0.05) is 12.1 Å². The molecular weight excluding hydrogens is 274 g/mol. The predicted octanol–water partition coefficient (Wildman–Crippen LogP) is 1.81. The highest BCUT2D eigenvalue weighted by atomic mass is 32.1. The first-order valence-corrected chi connectivity index (χ1v) is 6.82. The van der Waals surface area contributed by atoms with Gasteiger partial charge in [0.2, 0.25) is 5.91 Å². The normalized spacial score (nSPS) is 19.8. The van der Waals surface area contributed by atoms with Crippen LogP contribution in [0.4, 0.5) is 5.69 Å². The SMILES string of the molecule is CC(=O)Nc1cccc([C@@H](C)N2C(=O)[C@@H](C)NC2=S)c1. The van der Waals surface area contributed by atoms with Crippen molar-refractivity contribution >= 4 is 34.8 Å². The Labute approximate surface area is 123 Å². The Kier molecular flexibility index (Phi) is 4.04. The van der Waals surface area contributed by atoms with Gasteiger partial charge in [-0.3, -0.25) is 14.5 Å². The van der Waals surface area contributed by atoms with Crippen molar-refractivity contribution in [3.63, 3.8) is 0 Å². The molecule has 1 saturated heterocycles. The Bertz CT molecular complexity index is 573. The van der Waals surface area contributed by atoms with Crippen LogP contribution >= 0.6 is 12.2 Å². The number of nitrogens with zero attached hydrogens (tertiary/aromatic N) is 1. The molecule has 5 nitrogen and oxygen atoms in total. The monoisotopic (exact) mass is 291 g/mol. The van der Waals surface area contributed by atoms with E-state index < -0.39 is 0 Å². The summed E-state index contributed by atoms with van der Waals surface area (Å²) in [5, 5.41) is 6.13. The summed E-state index contributed by atoms with van der Waals surface area (Å²) >= 11 is 5.20. The minimum absolute atomic E-state index is 0.0348. The summed E-state index contributed by atoms with van der Waals surface area (Å²) in [5.74, 6) is -0.162. The number of carbonyl (C=O) groups is 2. The highest BCUT2D eigenvalue weighted by Gasteiger charge is 2.35. The average Bonchev–Trinajstić information content (AvgIpc) is 2.62. The summed E-state index contributed by atoms with van der Waals surface area (Å²) in [5.41, 5.74) is 1.63. The standard InChI is InChI=1S/C14H17N3O2S/c1-8-13(19)17(14(20)15-8)9(2)11-5-4-6-12(7-11)16-10(3)18/h4-9H,1-3H3,(H,15,20)(H,16,18)/t8-,9-/m1/s1. The molecule has 0 bridgehead atoms. The fourth-order valence-electron chi connectivity index (χ4n) is 2.22. The van der Waals surface area contributed by atoms with Crippen molar-refractivity contribution in [1.29, 1.82) is 0 Å². The zero-order chi connectivity index (χ0) is 14.9. The van der Waals surface area contributed by atoms with Crippen molar-refractivity contribution in [3.05, 3.63) is 29.8 Å². The third kappa shape index (κ3) is 2.80. The van der Waals surface area contributed by atoms with Crippen LogP contribution in [0.1, 0.15) is 32.4 Å². The molecule has 0 saturated carbocycles. The highest BCUT2D eigenvalue weighted by molar-refractivity contribution is 7.80. The van der Waals surface area contributed by atoms with E-state index in [-0.39, 0.29) is 23.9 Å². The van der Waals surface area contributed by atoms with Crippen LogP contribution in [-0.2, 0) is 9.59 Å². The first-order valence-electron chi connectivity index (χ1n) is 6.41. The van der Waals surface area contributed by atoms with E-state index in [4.69, 9.17) is 12.2 Å². The van der Waals surface area contributed by atoms with Crippen molar-refractivity contribution in [2.24, 2.45) is 0 Å². The van der Waals surface area contributed by atoms with Gasteiger partial charge >= 0.3 is 0 Å². The molecule has 1 heterocycles. The molecule has 1 fully saturated rings. The Morgan fingerprint density at radius 2 is 2.20 bits per heavy atom. The number of amides is 2. The van der Waals surface area contributed by atoms with Gasteiger partial charge in [0.25, 0.3) is 5.91 Å². The van der Waals surface area contributed by atoms with E-state index in [2.05, 4.69) is 10.6 Å². The first kappa shape index (κ1) is 14.5. The number of nitrogens with one attached hydrogen (secondary N) is 2. The average molecular weight is 291 g/mol. The van der Waals surface area contributed by atoms with Gasteiger partial charge in [0.1, 0.15) is 6.04 Å². The molecule has 1 aliphatic rings. The second kappa shape index (κ2) is 5.58. The summed E-state index contributed by atoms with van der Waals surface area (Å²) in [6.07, 6.45) is 0.